The number of nitrogens with two attached hydrogens (primary N) is 1. The lowest BCUT2D eigenvalue weighted by atomic mass is 9.67. The van der Waals surface area contributed by atoms with Crippen molar-refractivity contribution in [3.8, 4) is 0 Å². The van der Waals surface area contributed by atoms with E-state index in [9.17, 15) is 18.8 Å². The minimum atomic E-state index is -1.25. The van der Waals surface area contributed by atoms with Crippen molar-refractivity contribution >= 4 is 23.4 Å². The van der Waals surface area contributed by atoms with Crippen LogP contribution >= 0.6 is 0 Å². The maximum absolute atomic E-state index is 15.4. The van der Waals surface area contributed by atoms with Crippen LogP contribution in [0.3, 0.4) is 0 Å². The summed E-state index contributed by atoms with van der Waals surface area (Å²) in [6.07, 6.45) is 0.0946. The van der Waals surface area contributed by atoms with Crippen molar-refractivity contribution in [2.75, 3.05) is 18.1 Å². The van der Waals surface area contributed by atoms with Crippen LogP contribution in [0.5, 0.6) is 0 Å². The molecule has 2 aliphatic rings. The van der Waals surface area contributed by atoms with Crippen LogP contribution in [-0.4, -0.2) is 30.9 Å². The number of ether oxygens (including phenoxy) is 2. The van der Waals surface area contributed by atoms with E-state index in [0.29, 0.717) is 16.8 Å². The quantitative estimate of drug-likeness (QED) is 0.295. The Bertz CT molecular complexity index is 1580. The number of Topliss-reactive ketones (excluding diaryl/α,β-unsaturated/α-hetero) is 1. The number of ketones is 1. The van der Waals surface area contributed by atoms with Crippen LogP contribution in [0.4, 0.5) is 14.5 Å². The zero-order valence-corrected chi connectivity index (χ0v) is 23.2. The van der Waals surface area contributed by atoms with E-state index in [1.54, 1.807) is 32.0 Å². The number of allylic oxidation sites excluding steroid dienone is 2. The minimum absolute atomic E-state index is 0.00678. The molecule has 3 atom stereocenters. The molecule has 7 nitrogen and oxygen atoms in total. The van der Waals surface area contributed by atoms with Crippen molar-refractivity contribution in [3.63, 3.8) is 0 Å². The van der Waals surface area contributed by atoms with Gasteiger partial charge in [-0.2, -0.15) is 0 Å². The Morgan fingerprint density at radius 2 is 1.52 bits per heavy atom. The van der Waals surface area contributed by atoms with Crippen LogP contribution in [0.15, 0.2) is 102 Å². The van der Waals surface area contributed by atoms with E-state index in [-0.39, 0.29) is 42.3 Å². The number of carbonyl (C=O) groups excluding carboxylic acids is 3. The Labute approximate surface area is 242 Å². The predicted octanol–water partition coefficient (Wildman–Crippen LogP) is 5.49. The second-order valence-corrected chi connectivity index (χ2v) is 9.97. The normalized spacial score (nSPS) is 20.3. The highest BCUT2D eigenvalue weighted by Crippen LogP contribution is 2.51. The third-order valence-corrected chi connectivity index (χ3v) is 7.60. The average molecular weight is 573 g/mol. The summed E-state index contributed by atoms with van der Waals surface area (Å²) >= 11 is 0. The monoisotopic (exact) mass is 572 g/mol. The van der Waals surface area contributed by atoms with E-state index in [1.807, 2.05) is 18.2 Å². The van der Waals surface area contributed by atoms with Gasteiger partial charge in [-0.3, -0.25) is 14.5 Å². The van der Waals surface area contributed by atoms with Crippen LogP contribution in [0.25, 0.3) is 0 Å². The van der Waals surface area contributed by atoms with Crippen LogP contribution in [0.2, 0.25) is 0 Å². The average Bonchev–Trinajstić information content (AvgIpc) is 2.98. The minimum Gasteiger partial charge on any atom is -0.465 e. The van der Waals surface area contributed by atoms with Crippen LogP contribution in [-0.2, 0) is 23.9 Å². The molecule has 42 heavy (non-hydrogen) atoms. The van der Waals surface area contributed by atoms with Gasteiger partial charge in [-0.1, -0.05) is 54.6 Å². The molecule has 0 saturated heterocycles. The highest BCUT2D eigenvalue weighted by Gasteiger charge is 2.51. The van der Waals surface area contributed by atoms with Crippen molar-refractivity contribution in [1.82, 2.24) is 0 Å². The molecule has 0 spiro atoms. The first-order chi connectivity index (χ1) is 20.3. The van der Waals surface area contributed by atoms with Gasteiger partial charge in [0.25, 0.3) is 0 Å². The van der Waals surface area contributed by atoms with Gasteiger partial charge in [0.05, 0.1) is 30.4 Å². The van der Waals surface area contributed by atoms with E-state index in [2.05, 4.69) is 0 Å². The fraction of sp³-hybridized carbons (Fsp3) is 0.242. The van der Waals surface area contributed by atoms with E-state index in [0.717, 1.165) is 0 Å². The van der Waals surface area contributed by atoms with Crippen molar-refractivity contribution in [3.05, 3.63) is 124 Å². The molecule has 2 N–H and O–H groups in total. The van der Waals surface area contributed by atoms with Gasteiger partial charge >= 0.3 is 11.9 Å². The van der Waals surface area contributed by atoms with E-state index < -0.39 is 47.1 Å². The number of benzene rings is 3. The molecular formula is C33H30F2N2O5. The first kappa shape index (κ1) is 28.7. The number of carbonyl (C=O) groups is 3. The smallest absolute Gasteiger partial charge is 0.338 e. The Kier molecular flexibility index (Phi) is 8.20. The molecule has 216 valence electrons. The number of anilines is 1. The summed E-state index contributed by atoms with van der Waals surface area (Å²) in [5.41, 5.74) is 8.14. The molecule has 1 heterocycles. The standard InChI is InChI=1S/C33H30F2N2O5/c1-3-41-32(39)27-22(19-10-6-5-7-11-19)18-25-28(30(27)38)26(20-14-16-21(34)17-15-20)29(33(40)42-4-2)31(36)37(25)24-13-9-8-12-23(24)35/h5-17,22,26-27H,3-4,18,36H2,1-2H3. The number of para-hydroxylation sites is 1. The van der Waals surface area contributed by atoms with Crippen LogP contribution < -0.4 is 10.6 Å². The lowest BCUT2D eigenvalue weighted by Gasteiger charge is -2.44. The number of halogens is 2. The molecular weight excluding hydrogens is 542 g/mol. The molecule has 3 unspecified atom stereocenters. The molecule has 0 saturated carbocycles. The Hall–Kier alpha value is -4.79. The van der Waals surface area contributed by atoms with Gasteiger partial charge < -0.3 is 15.2 Å². The number of esters is 2. The lowest BCUT2D eigenvalue weighted by Crippen LogP contribution is -2.46. The highest BCUT2D eigenvalue weighted by atomic mass is 19.1. The van der Waals surface area contributed by atoms with Crippen molar-refractivity contribution in [1.29, 1.82) is 0 Å². The summed E-state index contributed by atoms with van der Waals surface area (Å²) in [6, 6.07) is 20.2. The Balaban J connectivity index is 1.83. The van der Waals surface area contributed by atoms with Gasteiger partial charge in [0.2, 0.25) is 0 Å². The van der Waals surface area contributed by atoms with Gasteiger partial charge in [-0.15, -0.1) is 0 Å². The zero-order valence-electron chi connectivity index (χ0n) is 23.2. The predicted molar refractivity (Wildman–Crippen MR) is 152 cm³/mol. The molecule has 0 amide bonds. The molecule has 0 radical (unpaired) electrons. The largest absolute Gasteiger partial charge is 0.465 e. The fourth-order valence-electron chi connectivity index (χ4n) is 5.85. The molecule has 1 aliphatic heterocycles. The van der Waals surface area contributed by atoms with Gasteiger partial charge in [0, 0.05) is 17.2 Å². The topological polar surface area (TPSA) is 98.9 Å². The molecule has 3 aromatic rings. The number of hydrogen-bond donors (Lipinski definition) is 1. The molecule has 1 aliphatic carbocycles. The van der Waals surface area contributed by atoms with Crippen LogP contribution in [0, 0.1) is 17.6 Å². The van der Waals surface area contributed by atoms with Gasteiger partial charge in [0.1, 0.15) is 23.4 Å². The first-order valence-corrected chi connectivity index (χ1v) is 13.7. The van der Waals surface area contributed by atoms with E-state index in [1.165, 1.54) is 47.4 Å². The summed E-state index contributed by atoms with van der Waals surface area (Å²) in [6.45, 7) is 3.33. The maximum Gasteiger partial charge on any atom is 0.338 e. The van der Waals surface area contributed by atoms with E-state index in [4.69, 9.17) is 15.2 Å². The molecule has 0 fully saturated rings. The number of rotatable bonds is 7. The third kappa shape index (κ3) is 5.06. The van der Waals surface area contributed by atoms with Gasteiger partial charge in [-0.25, -0.2) is 13.6 Å². The van der Waals surface area contributed by atoms with Crippen LogP contribution in [0.1, 0.15) is 43.2 Å². The summed E-state index contributed by atoms with van der Waals surface area (Å²) in [5, 5.41) is 0. The maximum atomic E-state index is 15.4. The van der Waals surface area contributed by atoms with Crippen molar-refractivity contribution in [2.45, 2.75) is 32.1 Å². The highest BCUT2D eigenvalue weighted by molar-refractivity contribution is 6.14. The zero-order chi connectivity index (χ0) is 30.0. The fourth-order valence-corrected chi connectivity index (χ4v) is 5.85. The SMILES string of the molecule is CCOC(=O)C1=C(N)N(c2ccccc2F)C2=C(C(=O)C(C(=O)OCC)C(c3ccccc3)C2)C1c1ccc(F)cc1. The number of nitrogens with zero attached hydrogens (tertiary/aromatic N) is 1. The van der Waals surface area contributed by atoms with E-state index >= 15 is 4.39 Å². The van der Waals surface area contributed by atoms with Gasteiger partial charge in [0.15, 0.2) is 5.78 Å². The summed E-state index contributed by atoms with van der Waals surface area (Å²) < 4.78 is 40.2. The third-order valence-electron chi connectivity index (χ3n) is 7.60. The number of hydrogen-bond acceptors (Lipinski definition) is 7. The lowest BCUT2D eigenvalue weighted by molar-refractivity contribution is -0.152. The van der Waals surface area contributed by atoms with Crippen molar-refractivity contribution in [2.24, 2.45) is 11.7 Å². The summed E-state index contributed by atoms with van der Waals surface area (Å²) in [5.74, 6) is -6.42. The molecule has 0 aromatic heterocycles. The molecule has 9 heteroatoms. The molecule has 3 aromatic carbocycles. The second-order valence-electron chi connectivity index (χ2n) is 9.97. The summed E-state index contributed by atoms with van der Waals surface area (Å²) in [7, 11) is 0. The van der Waals surface area contributed by atoms with Crippen molar-refractivity contribution < 1.29 is 32.6 Å². The summed E-state index contributed by atoms with van der Waals surface area (Å²) in [4.78, 5) is 43.0. The Morgan fingerprint density at radius 1 is 0.881 bits per heavy atom. The second kappa shape index (κ2) is 12.0. The molecule has 0 bridgehead atoms. The van der Waals surface area contributed by atoms with Gasteiger partial charge in [-0.05, 0) is 55.7 Å². The molecule has 5 rings (SSSR count). The first-order valence-electron chi connectivity index (χ1n) is 13.7. The Morgan fingerprint density at radius 3 is 2.17 bits per heavy atom.